The third kappa shape index (κ3) is 2.23. The van der Waals surface area contributed by atoms with Crippen LogP contribution < -0.4 is 11.3 Å². The Morgan fingerprint density at radius 3 is 2.84 bits per heavy atom. The standard InChI is InChI=1S/C10H12FN3O5/c11-5-7(16)4(3-15)19-10(5)14-2-1-13-6(8(12)17)9(14)18/h1-2,4-5,7,10,15-16H,3H2,(H2,12,17). The predicted molar refractivity (Wildman–Crippen MR) is 58.9 cm³/mol. The van der Waals surface area contributed by atoms with Gasteiger partial charge in [-0.25, -0.2) is 9.37 Å². The number of nitrogens with zero attached hydrogens (tertiary/aromatic N) is 2. The van der Waals surface area contributed by atoms with E-state index in [1.54, 1.807) is 0 Å². The molecule has 1 saturated heterocycles. The summed E-state index contributed by atoms with van der Waals surface area (Å²) < 4.78 is 19.7. The number of carbonyl (C=O) groups is 1. The summed E-state index contributed by atoms with van der Waals surface area (Å²) in [5.74, 6) is -1.05. The SMILES string of the molecule is NC(=O)c1nccn(C2OC(CO)C(O)C2F)c1=O. The van der Waals surface area contributed by atoms with Crippen LogP contribution in [0.25, 0.3) is 0 Å². The smallest absolute Gasteiger partial charge is 0.284 e. The number of aliphatic hydroxyl groups is 2. The van der Waals surface area contributed by atoms with E-state index in [-0.39, 0.29) is 0 Å². The summed E-state index contributed by atoms with van der Waals surface area (Å²) in [6.45, 7) is -0.597. The van der Waals surface area contributed by atoms with Gasteiger partial charge < -0.3 is 20.7 Å². The first-order chi connectivity index (χ1) is 8.97. The maximum absolute atomic E-state index is 13.8. The van der Waals surface area contributed by atoms with Gasteiger partial charge in [0.05, 0.1) is 6.61 Å². The minimum Gasteiger partial charge on any atom is -0.394 e. The molecule has 4 unspecified atom stereocenters. The van der Waals surface area contributed by atoms with Crippen molar-refractivity contribution >= 4 is 5.91 Å². The van der Waals surface area contributed by atoms with Gasteiger partial charge >= 0.3 is 0 Å². The summed E-state index contributed by atoms with van der Waals surface area (Å²) in [6, 6.07) is 0. The molecule has 0 radical (unpaired) electrons. The lowest BCUT2D eigenvalue weighted by molar-refractivity contribution is -0.0488. The van der Waals surface area contributed by atoms with Gasteiger partial charge in [-0.15, -0.1) is 0 Å². The van der Waals surface area contributed by atoms with Crippen LogP contribution in [0.4, 0.5) is 4.39 Å². The Balaban J connectivity index is 2.41. The Morgan fingerprint density at radius 2 is 2.32 bits per heavy atom. The molecule has 4 atom stereocenters. The van der Waals surface area contributed by atoms with Crippen molar-refractivity contribution in [1.29, 1.82) is 0 Å². The van der Waals surface area contributed by atoms with E-state index in [9.17, 15) is 19.1 Å². The molecule has 9 heteroatoms. The third-order valence-electron chi connectivity index (χ3n) is 2.85. The molecule has 4 N–H and O–H groups in total. The second-order valence-electron chi connectivity index (χ2n) is 4.04. The number of aliphatic hydroxyl groups excluding tert-OH is 2. The van der Waals surface area contributed by atoms with Gasteiger partial charge in [-0.2, -0.15) is 0 Å². The van der Waals surface area contributed by atoms with Crippen molar-refractivity contribution in [2.45, 2.75) is 24.6 Å². The molecule has 2 rings (SSSR count). The Labute approximate surface area is 106 Å². The molecule has 19 heavy (non-hydrogen) atoms. The van der Waals surface area contributed by atoms with Crippen LogP contribution >= 0.6 is 0 Å². The van der Waals surface area contributed by atoms with Crippen molar-refractivity contribution in [3.8, 4) is 0 Å². The molecule has 0 saturated carbocycles. The molecule has 1 fully saturated rings. The molecule has 0 aromatic carbocycles. The first-order valence-corrected chi connectivity index (χ1v) is 5.42. The molecular weight excluding hydrogens is 261 g/mol. The molecule has 0 bridgehead atoms. The highest BCUT2D eigenvalue weighted by Crippen LogP contribution is 2.30. The van der Waals surface area contributed by atoms with Gasteiger partial charge in [0.2, 0.25) is 0 Å². The summed E-state index contributed by atoms with van der Waals surface area (Å²) in [4.78, 5) is 26.3. The van der Waals surface area contributed by atoms with Gasteiger partial charge in [-0.1, -0.05) is 0 Å². The highest BCUT2D eigenvalue weighted by molar-refractivity contribution is 5.90. The Bertz CT molecular complexity index is 548. The molecule has 2 heterocycles. The summed E-state index contributed by atoms with van der Waals surface area (Å²) in [6.07, 6.45) is -3.86. The molecule has 1 aromatic rings. The average molecular weight is 273 g/mol. The van der Waals surface area contributed by atoms with Crippen LogP contribution in [0, 0.1) is 0 Å². The highest BCUT2D eigenvalue weighted by Gasteiger charge is 2.45. The number of hydrogen-bond donors (Lipinski definition) is 3. The van der Waals surface area contributed by atoms with E-state index < -0.39 is 48.4 Å². The van der Waals surface area contributed by atoms with Gasteiger partial charge in [0, 0.05) is 12.4 Å². The minimum absolute atomic E-state index is 0.555. The van der Waals surface area contributed by atoms with Crippen LogP contribution in [0.2, 0.25) is 0 Å². The van der Waals surface area contributed by atoms with Crippen molar-refractivity contribution in [2.75, 3.05) is 6.61 Å². The summed E-state index contributed by atoms with van der Waals surface area (Å²) >= 11 is 0. The number of nitrogens with two attached hydrogens (primary N) is 1. The van der Waals surface area contributed by atoms with Crippen LogP contribution in [0.3, 0.4) is 0 Å². The zero-order valence-electron chi connectivity index (χ0n) is 9.64. The van der Waals surface area contributed by atoms with Crippen molar-refractivity contribution in [1.82, 2.24) is 9.55 Å². The summed E-state index contributed by atoms with van der Waals surface area (Å²) in [5, 5.41) is 18.4. The quantitative estimate of drug-likeness (QED) is 0.580. The van der Waals surface area contributed by atoms with Crippen molar-refractivity contribution < 1.29 is 24.1 Å². The number of primary amides is 1. The predicted octanol–water partition coefficient (Wildman–Crippen LogP) is -2.07. The van der Waals surface area contributed by atoms with Crippen LogP contribution in [-0.2, 0) is 4.74 Å². The Morgan fingerprint density at radius 1 is 1.63 bits per heavy atom. The first-order valence-electron chi connectivity index (χ1n) is 5.42. The van der Waals surface area contributed by atoms with Crippen molar-refractivity contribution in [2.24, 2.45) is 5.73 Å². The number of carbonyl (C=O) groups excluding carboxylic acids is 1. The van der Waals surface area contributed by atoms with Crippen LogP contribution in [0.1, 0.15) is 16.7 Å². The number of alkyl halides is 1. The third-order valence-corrected chi connectivity index (χ3v) is 2.85. The summed E-state index contributed by atoms with van der Waals surface area (Å²) in [7, 11) is 0. The van der Waals surface area contributed by atoms with E-state index in [4.69, 9.17) is 15.6 Å². The average Bonchev–Trinajstić information content (AvgIpc) is 2.66. The number of hydrogen-bond acceptors (Lipinski definition) is 6. The maximum atomic E-state index is 13.8. The van der Waals surface area contributed by atoms with E-state index in [0.717, 1.165) is 17.0 Å². The number of halogens is 1. The molecule has 1 aliphatic rings. The van der Waals surface area contributed by atoms with E-state index in [0.29, 0.717) is 0 Å². The van der Waals surface area contributed by atoms with Gasteiger partial charge in [-0.3, -0.25) is 14.2 Å². The molecule has 0 aliphatic carbocycles. The fourth-order valence-corrected chi connectivity index (χ4v) is 1.87. The fraction of sp³-hybridized carbons (Fsp3) is 0.500. The Kier molecular flexibility index (Phi) is 3.60. The molecule has 1 amide bonds. The number of rotatable bonds is 3. The monoisotopic (exact) mass is 273 g/mol. The fourth-order valence-electron chi connectivity index (χ4n) is 1.87. The topological polar surface area (TPSA) is 128 Å². The zero-order chi connectivity index (χ0) is 14.2. The summed E-state index contributed by atoms with van der Waals surface area (Å²) in [5.41, 5.74) is 3.48. The molecule has 1 aromatic heterocycles. The van der Waals surface area contributed by atoms with Gasteiger partial charge in [0.25, 0.3) is 11.5 Å². The van der Waals surface area contributed by atoms with E-state index in [2.05, 4.69) is 4.98 Å². The van der Waals surface area contributed by atoms with E-state index in [1.807, 2.05) is 0 Å². The minimum atomic E-state index is -1.92. The maximum Gasteiger partial charge on any atom is 0.284 e. The van der Waals surface area contributed by atoms with Crippen LogP contribution in [0.15, 0.2) is 17.2 Å². The van der Waals surface area contributed by atoms with Gasteiger partial charge in [0.15, 0.2) is 18.1 Å². The van der Waals surface area contributed by atoms with E-state index in [1.165, 1.54) is 0 Å². The molecule has 8 nitrogen and oxygen atoms in total. The molecule has 1 aliphatic heterocycles. The molecule has 0 spiro atoms. The lowest BCUT2D eigenvalue weighted by Crippen LogP contribution is -2.36. The molecule has 104 valence electrons. The molecular formula is C10H12FN3O5. The van der Waals surface area contributed by atoms with Crippen LogP contribution in [-0.4, -0.2) is 50.7 Å². The normalized spacial score (nSPS) is 30.5. The van der Waals surface area contributed by atoms with Crippen LogP contribution in [0.5, 0.6) is 0 Å². The van der Waals surface area contributed by atoms with Crippen molar-refractivity contribution in [3.05, 3.63) is 28.4 Å². The highest BCUT2D eigenvalue weighted by atomic mass is 19.1. The largest absolute Gasteiger partial charge is 0.394 e. The lowest BCUT2D eigenvalue weighted by Gasteiger charge is -2.16. The van der Waals surface area contributed by atoms with Crippen molar-refractivity contribution in [3.63, 3.8) is 0 Å². The van der Waals surface area contributed by atoms with Gasteiger partial charge in [0.1, 0.15) is 12.2 Å². The number of amides is 1. The Hall–Kier alpha value is -1.84. The second kappa shape index (κ2) is 5.03. The number of ether oxygens (including phenoxy) is 1. The lowest BCUT2D eigenvalue weighted by atomic mass is 10.1. The van der Waals surface area contributed by atoms with Gasteiger partial charge in [-0.05, 0) is 0 Å². The zero-order valence-corrected chi connectivity index (χ0v) is 9.64. The second-order valence-corrected chi connectivity index (χ2v) is 4.04. The first kappa shape index (κ1) is 13.6. The number of aromatic nitrogens is 2. The van der Waals surface area contributed by atoms with E-state index >= 15 is 0 Å².